The summed E-state index contributed by atoms with van der Waals surface area (Å²) < 4.78 is 40.3. The summed E-state index contributed by atoms with van der Waals surface area (Å²) in [4.78, 5) is 2.05. The van der Waals surface area contributed by atoms with Crippen molar-refractivity contribution in [2.75, 3.05) is 4.90 Å². The van der Waals surface area contributed by atoms with Gasteiger partial charge in [-0.2, -0.15) is 0 Å². The summed E-state index contributed by atoms with van der Waals surface area (Å²) in [6, 6.07) is 19.4. The van der Waals surface area contributed by atoms with Crippen molar-refractivity contribution >= 4 is 5.69 Å². The molecule has 1 saturated heterocycles. The monoisotopic (exact) mass is 393 g/mol. The molecule has 3 aromatic carbocycles. The Morgan fingerprint density at radius 2 is 1.45 bits per heavy atom. The van der Waals surface area contributed by atoms with Crippen LogP contribution in [0.4, 0.5) is 18.9 Å². The zero-order chi connectivity index (χ0) is 20.4. The number of anilines is 1. The minimum Gasteiger partial charge on any atom is -0.337 e. The zero-order valence-corrected chi connectivity index (χ0v) is 16.0. The number of benzene rings is 3. The van der Waals surface area contributed by atoms with E-state index in [1.165, 1.54) is 30.3 Å². The molecule has 1 aliphatic heterocycles. The van der Waals surface area contributed by atoms with Crippen LogP contribution >= 0.6 is 0 Å². The van der Waals surface area contributed by atoms with Crippen molar-refractivity contribution < 1.29 is 13.2 Å². The highest BCUT2D eigenvalue weighted by atomic mass is 19.1. The Hall–Kier alpha value is -3.01. The summed E-state index contributed by atoms with van der Waals surface area (Å²) in [5.41, 5.74) is 3.77. The van der Waals surface area contributed by atoms with Crippen molar-refractivity contribution in [3.8, 4) is 0 Å². The number of aryl methyl sites for hydroxylation is 1. The van der Waals surface area contributed by atoms with Crippen LogP contribution < -0.4 is 4.90 Å². The molecule has 0 saturated carbocycles. The number of halogens is 3. The average molecular weight is 393 g/mol. The van der Waals surface area contributed by atoms with Crippen molar-refractivity contribution in [1.82, 2.24) is 0 Å². The fourth-order valence-corrected chi connectivity index (χ4v) is 4.14. The minimum atomic E-state index is -0.293. The van der Waals surface area contributed by atoms with E-state index in [1.54, 1.807) is 36.4 Å². The van der Waals surface area contributed by atoms with Crippen LogP contribution in [-0.4, -0.2) is 0 Å². The van der Waals surface area contributed by atoms with E-state index in [0.29, 0.717) is 0 Å². The summed E-state index contributed by atoms with van der Waals surface area (Å²) in [6.07, 6.45) is 2.64. The molecule has 1 heterocycles. The first-order chi connectivity index (χ1) is 14.0. The largest absolute Gasteiger partial charge is 0.337 e. The lowest BCUT2D eigenvalue weighted by molar-refractivity contribution is 0.340. The van der Waals surface area contributed by atoms with Crippen LogP contribution in [0, 0.1) is 23.4 Å². The van der Waals surface area contributed by atoms with E-state index in [4.69, 9.17) is 0 Å². The third-order valence-corrected chi connectivity index (χ3v) is 5.59. The molecule has 0 radical (unpaired) electrons. The van der Waals surface area contributed by atoms with Crippen LogP contribution in [0.3, 0.4) is 0 Å². The highest BCUT2D eigenvalue weighted by Gasteiger charge is 2.43. The number of hydrogen-bond acceptors (Lipinski definition) is 1. The van der Waals surface area contributed by atoms with Gasteiger partial charge in [-0.1, -0.05) is 30.8 Å². The van der Waals surface area contributed by atoms with E-state index in [9.17, 15) is 13.2 Å². The van der Waals surface area contributed by atoms with Gasteiger partial charge in [0.1, 0.15) is 17.5 Å². The second kappa shape index (κ2) is 8.16. The van der Waals surface area contributed by atoms with Crippen LogP contribution in [0.25, 0.3) is 0 Å². The highest BCUT2D eigenvalue weighted by molar-refractivity contribution is 5.60. The number of rotatable bonds is 6. The maximum absolute atomic E-state index is 13.9. The minimum absolute atomic E-state index is 0.0446. The first-order valence-corrected chi connectivity index (χ1v) is 9.76. The van der Waals surface area contributed by atoms with Gasteiger partial charge in [0.05, 0.1) is 6.04 Å². The zero-order valence-electron chi connectivity index (χ0n) is 16.0. The number of hydrogen-bond donors (Lipinski definition) is 0. The molecule has 1 fully saturated rings. The predicted molar refractivity (Wildman–Crippen MR) is 110 cm³/mol. The lowest BCUT2D eigenvalue weighted by Gasteiger charge is -2.52. The van der Waals surface area contributed by atoms with Gasteiger partial charge in [0, 0.05) is 17.3 Å². The van der Waals surface area contributed by atoms with Crippen LogP contribution in [-0.2, 0) is 6.42 Å². The molecule has 0 bridgehead atoms. The third kappa shape index (κ3) is 4.07. The summed E-state index contributed by atoms with van der Waals surface area (Å²) in [5, 5.41) is 0. The fraction of sp³-hybridized carbons (Fsp3) is 0.200. The Balaban J connectivity index is 1.53. The van der Waals surface area contributed by atoms with Crippen molar-refractivity contribution in [2.24, 2.45) is 5.92 Å². The Morgan fingerprint density at radius 1 is 0.793 bits per heavy atom. The molecule has 4 heteroatoms. The second-order valence-corrected chi connectivity index (χ2v) is 7.46. The fourth-order valence-electron chi connectivity index (χ4n) is 4.14. The van der Waals surface area contributed by atoms with Gasteiger partial charge in [-0.05, 0) is 78.9 Å². The van der Waals surface area contributed by atoms with Gasteiger partial charge in [-0.15, -0.1) is 0 Å². The van der Waals surface area contributed by atoms with E-state index in [2.05, 4.69) is 11.5 Å². The SMILES string of the molecule is C=C1C(CCCc2ccc(F)cc2)C(c2cccc(F)c2)N1c1ccc(F)cc1. The molecule has 1 nitrogen and oxygen atoms in total. The molecule has 148 valence electrons. The van der Waals surface area contributed by atoms with E-state index < -0.39 is 0 Å². The smallest absolute Gasteiger partial charge is 0.123 e. The molecule has 2 unspecified atom stereocenters. The molecule has 29 heavy (non-hydrogen) atoms. The van der Waals surface area contributed by atoms with Gasteiger partial charge in [-0.3, -0.25) is 0 Å². The van der Waals surface area contributed by atoms with Crippen molar-refractivity contribution in [3.05, 3.63) is 114 Å². The van der Waals surface area contributed by atoms with Crippen LogP contribution in [0.15, 0.2) is 85.1 Å². The van der Waals surface area contributed by atoms with Crippen molar-refractivity contribution in [3.63, 3.8) is 0 Å². The summed E-state index contributed by atoms with van der Waals surface area (Å²) in [5.74, 6) is -0.633. The summed E-state index contributed by atoms with van der Waals surface area (Å²) in [7, 11) is 0. The summed E-state index contributed by atoms with van der Waals surface area (Å²) >= 11 is 0. The topological polar surface area (TPSA) is 3.24 Å². The lowest BCUT2D eigenvalue weighted by Crippen LogP contribution is -2.47. The van der Waals surface area contributed by atoms with Gasteiger partial charge < -0.3 is 4.90 Å². The first-order valence-electron chi connectivity index (χ1n) is 9.76. The molecule has 3 aromatic rings. The normalized spacial score (nSPS) is 18.6. The molecular formula is C25H22F3N. The van der Waals surface area contributed by atoms with Crippen molar-refractivity contribution in [1.29, 1.82) is 0 Å². The molecule has 0 amide bonds. The molecule has 2 atom stereocenters. The molecule has 0 aliphatic carbocycles. The third-order valence-electron chi connectivity index (χ3n) is 5.59. The van der Waals surface area contributed by atoms with Gasteiger partial charge in [0.15, 0.2) is 0 Å². The van der Waals surface area contributed by atoms with E-state index in [-0.39, 0.29) is 29.4 Å². The van der Waals surface area contributed by atoms with Gasteiger partial charge in [-0.25, -0.2) is 13.2 Å². The Labute approximate surface area is 169 Å². The van der Waals surface area contributed by atoms with Crippen molar-refractivity contribution in [2.45, 2.75) is 25.3 Å². The van der Waals surface area contributed by atoms with Gasteiger partial charge in [0.25, 0.3) is 0 Å². The lowest BCUT2D eigenvalue weighted by atomic mass is 9.76. The van der Waals surface area contributed by atoms with Crippen LogP contribution in [0.2, 0.25) is 0 Å². The second-order valence-electron chi connectivity index (χ2n) is 7.46. The first kappa shape index (κ1) is 19.3. The molecule has 1 aliphatic rings. The van der Waals surface area contributed by atoms with Crippen LogP contribution in [0.5, 0.6) is 0 Å². The molecule has 0 spiro atoms. The molecule has 4 rings (SSSR count). The predicted octanol–water partition coefficient (Wildman–Crippen LogP) is 6.82. The number of nitrogens with zero attached hydrogens (tertiary/aromatic N) is 1. The Bertz CT molecular complexity index is 995. The average Bonchev–Trinajstić information content (AvgIpc) is 2.71. The van der Waals surface area contributed by atoms with Crippen LogP contribution in [0.1, 0.15) is 30.0 Å². The van der Waals surface area contributed by atoms with E-state index in [0.717, 1.165) is 41.8 Å². The molecular weight excluding hydrogens is 371 g/mol. The van der Waals surface area contributed by atoms with Gasteiger partial charge in [0.2, 0.25) is 0 Å². The highest BCUT2D eigenvalue weighted by Crippen LogP contribution is 2.51. The molecule has 0 aromatic heterocycles. The Kier molecular flexibility index (Phi) is 5.43. The maximum Gasteiger partial charge on any atom is 0.123 e. The summed E-state index contributed by atoms with van der Waals surface area (Å²) in [6.45, 7) is 4.25. The van der Waals surface area contributed by atoms with E-state index >= 15 is 0 Å². The quantitative estimate of drug-likeness (QED) is 0.444. The standard InChI is InChI=1S/C25H22F3N/c1-17-24(7-2-4-18-8-10-20(26)11-9-18)25(19-5-3-6-22(28)16-19)29(17)23-14-12-21(27)13-15-23/h3,5-6,8-16,24-25H,1-2,4,7H2. The van der Waals surface area contributed by atoms with Gasteiger partial charge >= 0.3 is 0 Å². The van der Waals surface area contributed by atoms with E-state index in [1.807, 2.05) is 6.07 Å². The molecule has 0 N–H and O–H groups in total. The maximum atomic E-state index is 13.9. The Morgan fingerprint density at radius 3 is 2.10 bits per heavy atom.